The fraction of sp³-hybridized carbons (Fsp3) is 0.900. The fourth-order valence-corrected chi connectivity index (χ4v) is 3.09. The average Bonchev–Trinajstić information content (AvgIpc) is 2.08. The Morgan fingerprint density at radius 2 is 2.07 bits per heavy atom. The van der Waals surface area contributed by atoms with Crippen LogP contribution in [-0.4, -0.2) is 19.0 Å². The van der Waals surface area contributed by atoms with E-state index >= 15 is 0 Å². The van der Waals surface area contributed by atoms with Gasteiger partial charge in [0.2, 0.25) is 10.3 Å². The summed E-state index contributed by atoms with van der Waals surface area (Å²) in [6, 6.07) is 0. The number of hydrogen-bond donors (Lipinski definition) is 1. The zero-order chi connectivity index (χ0) is 10.7. The van der Waals surface area contributed by atoms with Crippen LogP contribution in [0, 0.1) is 17.8 Å². The second kappa shape index (κ2) is 5.21. The Hall–Kier alpha value is 0.0400. The minimum atomic E-state index is -2.02. The van der Waals surface area contributed by atoms with Crippen LogP contribution >= 0.6 is 12.6 Å². The van der Waals surface area contributed by atoms with Gasteiger partial charge in [-0.3, -0.25) is 0 Å². The van der Waals surface area contributed by atoms with Gasteiger partial charge < -0.3 is 0 Å². The molecule has 0 aliphatic heterocycles. The predicted molar refractivity (Wildman–Crippen MR) is 63.4 cm³/mol. The normalized spacial score (nSPS) is 34.9. The number of hydrogen-bond acceptors (Lipinski definition) is 3. The molecule has 2 nitrogen and oxygen atoms in total. The van der Waals surface area contributed by atoms with Gasteiger partial charge in [0.05, 0.1) is 0 Å². The topological polar surface area (TPSA) is 34.1 Å². The van der Waals surface area contributed by atoms with E-state index in [1.165, 1.54) is 11.8 Å². The van der Waals surface area contributed by atoms with Crippen molar-refractivity contribution in [1.82, 2.24) is 0 Å². The Balaban J connectivity index is 2.59. The van der Waals surface area contributed by atoms with Crippen LogP contribution in [0.4, 0.5) is 0 Å². The highest BCUT2D eigenvalue weighted by Gasteiger charge is 2.27. The van der Waals surface area contributed by atoms with Crippen molar-refractivity contribution < 1.29 is 8.42 Å². The first-order valence-electron chi connectivity index (χ1n) is 5.11. The molecule has 4 heteroatoms. The van der Waals surface area contributed by atoms with Gasteiger partial charge in [0.25, 0.3) is 0 Å². The zero-order valence-electron chi connectivity index (χ0n) is 8.68. The maximum absolute atomic E-state index is 10.5. The van der Waals surface area contributed by atoms with Crippen LogP contribution < -0.4 is 0 Å². The molecular weight excluding hydrogens is 216 g/mol. The van der Waals surface area contributed by atoms with Gasteiger partial charge in [-0.25, -0.2) is 0 Å². The molecular formula is C10H18O2S2. The largest absolute Gasteiger partial charge is 0.210 e. The molecule has 4 atom stereocenters. The molecule has 0 amide bonds. The van der Waals surface area contributed by atoms with Crippen molar-refractivity contribution in [3.8, 4) is 0 Å². The highest BCUT2D eigenvalue weighted by molar-refractivity contribution is 7.81. The van der Waals surface area contributed by atoms with Gasteiger partial charge in [-0.2, -0.15) is 21.0 Å². The van der Waals surface area contributed by atoms with E-state index in [1.807, 2.05) is 6.92 Å². The van der Waals surface area contributed by atoms with Gasteiger partial charge in [0.15, 0.2) is 0 Å². The highest BCUT2D eigenvalue weighted by Crippen LogP contribution is 2.35. The maximum Gasteiger partial charge on any atom is 0.210 e. The standard InChI is InChI=1S/C10H18O2S2/c1-7-3-4-9(5-10(7)13)8(2)6-14(11)12/h6-10,13H,3-5H2,1-2H3. The van der Waals surface area contributed by atoms with E-state index in [-0.39, 0.29) is 5.92 Å². The Kier molecular flexibility index (Phi) is 4.51. The Labute approximate surface area is 93.0 Å². The summed E-state index contributed by atoms with van der Waals surface area (Å²) < 4.78 is 21.0. The lowest BCUT2D eigenvalue weighted by molar-refractivity contribution is 0.270. The van der Waals surface area contributed by atoms with Crippen molar-refractivity contribution in [3.05, 3.63) is 0 Å². The van der Waals surface area contributed by atoms with E-state index < -0.39 is 10.3 Å². The summed E-state index contributed by atoms with van der Waals surface area (Å²) in [5.74, 6) is 1.32. The molecule has 0 radical (unpaired) electrons. The maximum atomic E-state index is 10.5. The molecule has 1 aliphatic rings. The van der Waals surface area contributed by atoms with E-state index in [1.54, 1.807) is 0 Å². The van der Waals surface area contributed by atoms with Gasteiger partial charge in [0, 0.05) is 10.6 Å². The molecule has 1 fully saturated rings. The predicted octanol–water partition coefficient (Wildman–Crippen LogP) is 2.04. The lowest BCUT2D eigenvalue weighted by Crippen LogP contribution is -2.27. The van der Waals surface area contributed by atoms with Crippen molar-refractivity contribution in [2.45, 2.75) is 38.4 Å². The summed E-state index contributed by atoms with van der Waals surface area (Å²) in [6.45, 7) is 4.20. The van der Waals surface area contributed by atoms with Crippen LogP contribution in [0.2, 0.25) is 0 Å². The van der Waals surface area contributed by atoms with Gasteiger partial charge in [0.1, 0.15) is 0 Å². The van der Waals surface area contributed by atoms with Crippen molar-refractivity contribution in [2.75, 3.05) is 0 Å². The van der Waals surface area contributed by atoms with Gasteiger partial charge in [-0.1, -0.05) is 13.8 Å². The molecule has 0 spiro atoms. The Bertz CT molecular complexity index is 300. The van der Waals surface area contributed by atoms with Gasteiger partial charge >= 0.3 is 0 Å². The lowest BCUT2D eigenvalue weighted by atomic mass is 9.77. The third kappa shape index (κ3) is 3.31. The van der Waals surface area contributed by atoms with E-state index in [0.717, 1.165) is 12.8 Å². The first-order chi connectivity index (χ1) is 6.50. The van der Waals surface area contributed by atoms with Crippen LogP contribution in [-0.2, 0) is 10.3 Å². The highest BCUT2D eigenvalue weighted by atomic mass is 32.2. The molecule has 0 aromatic heterocycles. The molecule has 0 heterocycles. The molecule has 1 saturated carbocycles. The van der Waals surface area contributed by atoms with Crippen LogP contribution in [0.1, 0.15) is 33.1 Å². The first kappa shape index (κ1) is 12.1. The molecule has 82 valence electrons. The summed E-state index contributed by atoms with van der Waals surface area (Å²) in [7, 11) is -2.02. The molecule has 0 saturated heterocycles. The van der Waals surface area contributed by atoms with E-state index in [4.69, 9.17) is 0 Å². The third-order valence-corrected chi connectivity index (χ3v) is 4.63. The van der Waals surface area contributed by atoms with E-state index in [9.17, 15) is 8.42 Å². The first-order valence-corrected chi connectivity index (χ1v) is 6.77. The van der Waals surface area contributed by atoms with Crippen molar-refractivity contribution in [1.29, 1.82) is 0 Å². The summed E-state index contributed by atoms with van der Waals surface area (Å²) in [5.41, 5.74) is 0. The fourth-order valence-electron chi connectivity index (χ4n) is 2.09. The summed E-state index contributed by atoms with van der Waals surface area (Å²) in [5, 5.41) is 1.85. The Morgan fingerprint density at radius 1 is 1.43 bits per heavy atom. The minimum Gasteiger partial charge on any atom is -0.185 e. The molecule has 0 aromatic carbocycles. The van der Waals surface area contributed by atoms with Crippen molar-refractivity contribution in [2.24, 2.45) is 17.8 Å². The van der Waals surface area contributed by atoms with Gasteiger partial charge in [-0.15, -0.1) is 0 Å². The molecule has 1 aliphatic carbocycles. The van der Waals surface area contributed by atoms with Crippen molar-refractivity contribution in [3.63, 3.8) is 0 Å². The second-order valence-corrected chi connectivity index (χ2v) is 5.83. The number of thiol groups is 1. The molecule has 4 unspecified atom stereocenters. The monoisotopic (exact) mass is 234 g/mol. The Morgan fingerprint density at radius 3 is 2.57 bits per heavy atom. The minimum absolute atomic E-state index is 0.162. The van der Waals surface area contributed by atoms with Crippen LogP contribution in [0.15, 0.2) is 0 Å². The van der Waals surface area contributed by atoms with E-state index in [2.05, 4.69) is 19.6 Å². The molecule has 1 rings (SSSR count). The van der Waals surface area contributed by atoms with Crippen LogP contribution in [0.25, 0.3) is 0 Å². The third-order valence-electron chi connectivity index (χ3n) is 3.26. The number of rotatable bonds is 2. The second-order valence-electron chi connectivity index (χ2n) is 4.37. The summed E-state index contributed by atoms with van der Waals surface area (Å²) >= 11 is 4.53. The van der Waals surface area contributed by atoms with Crippen molar-refractivity contribution >= 4 is 28.3 Å². The van der Waals surface area contributed by atoms with Gasteiger partial charge in [-0.05, 0) is 37.0 Å². The molecule has 0 aromatic rings. The van der Waals surface area contributed by atoms with E-state index in [0.29, 0.717) is 17.1 Å². The lowest BCUT2D eigenvalue weighted by Gasteiger charge is -2.33. The SMILES string of the molecule is CC(C=S(=O)=O)C1CCC(C)C(S)C1. The molecule has 0 bridgehead atoms. The smallest absolute Gasteiger partial charge is 0.185 e. The summed E-state index contributed by atoms with van der Waals surface area (Å²) in [6.07, 6.45) is 3.34. The quantitative estimate of drug-likeness (QED) is 0.586. The summed E-state index contributed by atoms with van der Waals surface area (Å²) in [4.78, 5) is 0. The molecule has 14 heavy (non-hydrogen) atoms. The van der Waals surface area contributed by atoms with Crippen LogP contribution in [0.3, 0.4) is 0 Å². The average molecular weight is 234 g/mol. The zero-order valence-corrected chi connectivity index (χ0v) is 10.4. The molecule has 0 N–H and O–H groups in total. The van der Waals surface area contributed by atoms with Crippen LogP contribution in [0.5, 0.6) is 0 Å².